The van der Waals surface area contributed by atoms with Crippen LogP contribution in [0.2, 0.25) is 0 Å². The van der Waals surface area contributed by atoms with E-state index >= 15 is 0 Å². The first kappa shape index (κ1) is 16.6. The molecule has 0 radical (unpaired) electrons. The van der Waals surface area contributed by atoms with Crippen molar-refractivity contribution in [2.75, 3.05) is 12.3 Å². The van der Waals surface area contributed by atoms with Crippen molar-refractivity contribution in [1.82, 2.24) is 4.72 Å². The van der Waals surface area contributed by atoms with Gasteiger partial charge in [-0.25, -0.2) is 13.1 Å². The van der Waals surface area contributed by atoms with Crippen molar-refractivity contribution in [2.45, 2.75) is 16.2 Å². The summed E-state index contributed by atoms with van der Waals surface area (Å²) in [5, 5.41) is 0. The monoisotopic (exact) mass is 339 g/mol. The predicted octanol–water partition coefficient (Wildman–Crippen LogP) is 1.03. The third-order valence-electron chi connectivity index (χ3n) is 3.01. The average molecular weight is 339 g/mol. The Hall–Kier alpha value is -1.74. The van der Waals surface area contributed by atoms with Crippen LogP contribution in [0, 0.1) is 0 Å². The van der Waals surface area contributed by atoms with E-state index in [2.05, 4.69) is 4.72 Å². The Morgan fingerprint density at radius 3 is 2.18 bits per heavy atom. The first-order valence-corrected chi connectivity index (χ1v) is 8.98. The van der Waals surface area contributed by atoms with Crippen LogP contribution in [0.4, 0.5) is 5.69 Å². The lowest BCUT2D eigenvalue weighted by molar-refractivity contribution is 0.537. The molecule has 0 saturated heterocycles. The minimum absolute atomic E-state index is 0.152. The van der Waals surface area contributed by atoms with E-state index in [1.54, 1.807) is 12.1 Å². The molecule has 0 fully saturated rings. The van der Waals surface area contributed by atoms with Crippen molar-refractivity contribution in [3.63, 3.8) is 0 Å². The van der Waals surface area contributed by atoms with E-state index in [1.165, 1.54) is 36.4 Å². The molecular weight excluding hydrogens is 324 g/mol. The number of rotatable bonds is 6. The molecule has 22 heavy (non-hydrogen) atoms. The van der Waals surface area contributed by atoms with Gasteiger partial charge in [-0.15, -0.1) is 0 Å². The molecule has 6 nitrogen and oxygen atoms in total. The van der Waals surface area contributed by atoms with E-state index in [4.69, 9.17) is 5.73 Å². The SMILES string of the molecule is Nc1ccc(S(=O)(=O)NCCc2ccc(S(=O)[O-])cc2)cc1. The van der Waals surface area contributed by atoms with E-state index in [0.29, 0.717) is 12.1 Å². The molecule has 1 unspecified atom stereocenters. The first-order chi connectivity index (χ1) is 10.4. The number of sulfonamides is 1. The van der Waals surface area contributed by atoms with Gasteiger partial charge in [0, 0.05) is 17.1 Å². The van der Waals surface area contributed by atoms with Crippen molar-refractivity contribution < 1.29 is 17.2 Å². The quantitative estimate of drug-likeness (QED) is 0.603. The minimum Gasteiger partial charge on any atom is -0.768 e. The molecule has 118 valence electrons. The van der Waals surface area contributed by atoms with Crippen LogP contribution in [0.1, 0.15) is 5.56 Å². The lowest BCUT2D eigenvalue weighted by atomic mass is 10.2. The molecule has 0 bridgehead atoms. The van der Waals surface area contributed by atoms with Gasteiger partial charge in [0.25, 0.3) is 0 Å². The van der Waals surface area contributed by atoms with Gasteiger partial charge >= 0.3 is 0 Å². The summed E-state index contributed by atoms with van der Waals surface area (Å²) in [5.74, 6) is 0. The number of nitrogen functional groups attached to an aromatic ring is 1. The van der Waals surface area contributed by atoms with E-state index < -0.39 is 21.1 Å². The van der Waals surface area contributed by atoms with Gasteiger partial charge in [-0.1, -0.05) is 12.1 Å². The fourth-order valence-corrected chi connectivity index (χ4v) is 3.22. The van der Waals surface area contributed by atoms with Gasteiger partial charge in [0.05, 0.1) is 4.90 Å². The molecule has 0 spiro atoms. The van der Waals surface area contributed by atoms with Crippen molar-refractivity contribution in [3.05, 3.63) is 54.1 Å². The Balaban J connectivity index is 1.95. The Morgan fingerprint density at radius 2 is 1.64 bits per heavy atom. The summed E-state index contributed by atoms with van der Waals surface area (Å²) in [5.41, 5.74) is 6.86. The van der Waals surface area contributed by atoms with E-state index in [9.17, 15) is 17.2 Å². The maximum absolute atomic E-state index is 12.0. The number of nitrogens with one attached hydrogen (secondary N) is 1. The summed E-state index contributed by atoms with van der Waals surface area (Å²) in [6.45, 7) is 0.215. The summed E-state index contributed by atoms with van der Waals surface area (Å²) in [6, 6.07) is 12.2. The Kier molecular flexibility index (Phi) is 5.30. The summed E-state index contributed by atoms with van der Waals surface area (Å²) < 4.78 is 48.1. The molecule has 0 aromatic heterocycles. The van der Waals surface area contributed by atoms with Crippen LogP contribution in [-0.2, 0) is 27.5 Å². The zero-order valence-electron chi connectivity index (χ0n) is 11.6. The van der Waals surface area contributed by atoms with Crippen molar-refractivity contribution in [3.8, 4) is 0 Å². The van der Waals surface area contributed by atoms with Crippen LogP contribution >= 0.6 is 0 Å². The number of benzene rings is 2. The summed E-state index contributed by atoms with van der Waals surface area (Å²) in [6.07, 6.45) is 0.458. The van der Waals surface area contributed by atoms with Gasteiger partial charge in [0.2, 0.25) is 10.0 Å². The third-order valence-corrected chi connectivity index (χ3v) is 5.15. The fourth-order valence-electron chi connectivity index (χ4n) is 1.83. The van der Waals surface area contributed by atoms with Crippen LogP contribution in [0.3, 0.4) is 0 Å². The zero-order chi connectivity index (χ0) is 16.2. The summed E-state index contributed by atoms with van der Waals surface area (Å²) in [7, 11) is -3.57. The summed E-state index contributed by atoms with van der Waals surface area (Å²) in [4.78, 5) is 0.352. The van der Waals surface area contributed by atoms with E-state index in [0.717, 1.165) is 5.56 Å². The van der Waals surface area contributed by atoms with E-state index in [1.807, 2.05) is 0 Å². The van der Waals surface area contributed by atoms with Gasteiger partial charge in [-0.05, 0) is 59.5 Å². The van der Waals surface area contributed by atoms with Gasteiger partial charge in [-0.3, -0.25) is 4.21 Å². The standard InChI is InChI=1S/C14H16N2O4S2/c15-12-3-7-14(8-4-12)22(19,20)16-10-9-11-1-5-13(6-2-11)21(17)18/h1-8,16H,9-10,15H2,(H,17,18)/p-1. The number of anilines is 1. The molecule has 0 amide bonds. The van der Waals surface area contributed by atoms with Gasteiger partial charge in [-0.2, -0.15) is 0 Å². The maximum atomic E-state index is 12.0. The lowest BCUT2D eigenvalue weighted by Gasteiger charge is -2.08. The molecule has 2 aromatic carbocycles. The second-order valence-electron chi connectivity index (χ2n) is 4.60. The fraction of sp³-hybridized carbons (Fsp3) is 0.143. The highest BCUT2D eigenvalue weighted by Gasteiger charge is 2.12. The zero-order valence-corrected chi connectivity index (χ0v) is 13.2. The van der Waals surface area contributed by atoms with Crippen molar-refractivity contribution in [1.29, 1.82) is 0 Å². The summed E-state index contributed by atoms with van der Waals surface area (Å²) >= 11 is -2.26. The largest absolute Gasteiger partial charge is 0.768 e. The molecule has 0 aliphatic rings. The molecule has 2 rings (SSSR count). The van der Waals surface area contributed by atoms with Crippen molar-refractivity contribution in [2.24, 2.45) is 0 Å². The normalized spacial score (nSPS) is 13.0. The van der Waals surface area contributed by atoms with Crippen LogP contribution in [0.15, 0.2) is 58.3 Å². The molecule has 3 N–H and O–H groups in total. The second-order valence-corrected chi connectivity index (χ2v) is 7.30. The van der Waals surface area contributed by atoms with Gasteiger partial charge in [0.1, 0.15) is 0 Å². The second kappa shape index (κ2) is 7.01. The molecule has 0 heterocycles. The van der Waals surface area contributed by atoms with Crippen LogP contribution in [0.5, 0.6) is 0 Å². The molecule has 8 heteroatoms. The van der Waals surface area contributed by atoms with Crippen molar-refractivity contribution >= 4 is 26.8 Å². The topological polar surface area (TPSA) is 112 Å². The van der Waals surface area contributed by atoms with Gasteiger partial charge in [0.15, 0.2) is 0 Å². The van der Waals surface area contributed by atoms with Crippen LogP contribution in [-0.4, -0.2) is 23.7 Å². The number of hydrogen-bond donors (Lipinski definition) is 2. The maximum Gasteiger partial charge on any atom is 0.240 e. The number of nitrogens with two attached hydrogens (primary N) is 1. The van der Waals surface area contributed by atoms with Gasteiger partial charge < -0.3 is 10.3 Å². The first-order valence-electron chi connectivity index (χ1n) is 6.42. The lowest BCUT2D eigenvalue weighted by Crippen LogP contribution is -2.26. The Labute approximate surface area is 131 Å². The highest BCUT2D eigenvalue weighted by atomic mass is 32.2. The molecule has 0 saturated carbocycles. The van der Waals surface area contributed by atoms with Crippen LogP contribution in [0.25, 0.3) is 0 Å². The van der Waals surface area contributed by atoms with E-state index in [-0.39, 0.29) is 16.3 Å². The molecular formula is C14H15N2O4S2-. The molecule has 2 aromatic rings. The Bertz CT molecular complexity index is 756. The minimum atomic E-state index is -3.57. The highest BCUT2D eigenvalue weighted by Crippen LogP contribution is 2.12. The average Bonchev–Trinajstić information content (AvgIpc) is 2.48. The molecule has 1 atom stereocenters. The predicted molar refractivity (Wildman–Crippen MR) is 83.4 cm³/mol. The van der Waals surface area contributed by atoms with Crippen LogP contribution < -0.4 is 10.5 Å². The highest BCUT2D eigenvalue weighted by molar-refractivity contribution is 7.89. The molecule has 0 aliphatic carbocycles. The smallest absolute Gasteiger partial charge is 0.240 e. The number of hydrogen-bond acceptors (Lipinski definition) is 5. The third kappa shape index (κ3) is 4.38. The molecule has 0 aliphatic heterocycles. The Morgan fingerprint density at radius 1 is 1.05 bits per heavy atom.